The molecule has 110 valence electrons. The molecule has 0 aliphatic carbocycles. The van der Waals surface area contributed by atoms with Crippen LogP contribution in [0.25, 0.3) is 0 Å². The van der Waals surface area contributed by atoms with Crippen molar-refractivity contribution in [2.45, 2.75) is 33.0 Å². The highest BCUT2D eigenvalue weighted by molar-refractivity contribution is 5.29. The van der Waals surface area contributed by atoms with Crippen molar-refractivity contribution in [2.24, 2.45) is 0 Å². The normalized spacial score (nSPS) is 14.9. The quantitative estimate of drug-likeness (QED) is 0.913. The molecule has 0 spiro atoms. The van der Waals surface area contributed by atoms with E-state index in [-0.39, 0.29) is 0 Å². The fraction of sp³-hybridized carbons (Fsp3) is 0.389. The van der Waals surface area contributed by atoms with Crippen LogP contribution in [-0.4, -0.2) is 23.0 Å². The van der Waals surface area contributed by atoms with E-state index >= 15 is 0 Å². The van der Waals surface area contributed by atoms with Gasteiger partial charge in [-0.25, -0.2) is 0 Å². The van der Waals surface area contributed by atoms with Gasteiger partial charge in [0.15, 0.2) is 0 Å². The molecule has 3 heteroatoms. The van der Waals surface area contributed by atoms with Crippen LogP contribution in [0.4, 0.5) is 0 Å². The maximum absolute atomic E-state index is 4.60. The number of rotatable bonds is 5. The van der Waals surface area contributed by atoms with E-state index in [1.165, 1.54) is 16.7 Å². The third-order valence-electron chi connectivity index (χ3n) is 4.06. The highest BCUT2D eigenvalue weighted by Crippen LogP contribution is 2.19. The summed E-state index contributed by atoms with van der Waals surface area (Å²) >= 11 is 0. The van der Waals surface area contributed by atoms with Crippen molar-refractivity contribution >= 4 is 0 Å². The molecule has 2 heterocycles. The molecule has 2 aromatic rings. The topological polar surface area (TPSA) is 28.2 Å². The Balaban J connectivity index is 1.60. The molecule has 0 bridgehead atoms. The van der Waals surface area contributed by atoms with Crippen LogP contribution in [0.3, 0.4) is 0 Å². The van der Waals surface area contributed by atoms with Crippen molar-refractivity contribution in [3.05, 3.63) is 65.0 Å². The third-order valence-corrected chi connectivity index (χ3v) is 4.06. The van der Waals surface area contributed by atoms with Crippen molar-refractivity contribution in [2.75, 3.05) is 13.1 Å². The Bertz CT molecular complexity index is 577. The average Bonchev–Trinajstić information content (AvgIpc) is 2.54. The highest BCUT2D eigenvalue weighted by Gasteiger charge is 2.15. The van der Waals surface area contributed by atoms with Gasteiger partial charge in [0.1, 0.15) is 0 Å². The van der Waals surface area contributed by atoms with Gasteiger partial charge in [-0.15, -0.1) is 0 Å². The molecule has 0 unspecified atom stereocenters. The molecule has 1 N–H and O–H groups in total. The fourth-order valence-corrected chi connectivity index (χ4v) is 2.84. The Hall–Kier alpha value is -1.71. The van der Waals surface area contributed by atoms with Gasteiger partial charge in [0.05, 0.1) is 5.69 Å². The van der Waals surface area contributed by atoms with Gasteiger partial charge in [0.2, 0.25) is 0 Å². The smallest absolute Gasteiger partial charge is 0.0544 e. The second kappa shape index (κ2) is 6.83. The number of hydrogen-bond acceptors (Lipinski definition) is 3. The standard InChI is InChI=1S/C18H23N3/c1-2-19-11-15-7-8-18(20-12-15)14-21-10-9-16-5-3-4-6-17(16)13-21/h3-8,12,19H,2,9-11,13-14H2,1H3. The molecule has 21 heavy (non-hydrogen) atoms. The number of nitrogens with one attached hydrogen (secondary N) is 1. The van der Waals surface area contributed by atoms with E-state index in [1.807, 2.05) is 6.20 Å². The second-order valence-corrected chi connectivity index (χ2v) is 5.67. The summed E-state index contributed by atoms with van der Waals surface area (Å²) in [6.45, 7) is 7.12. The van der Waals surface area contributed by atoms with Crippen molar-refractivity contribution in [1.82, 2.24) is 15.2 Å². The molecule has 0 radical (unpaired) electrons. The molecule has 0 fully saturated rings. The van der Waals surface area contributed by atoms with Gasteiger partial charge in [-0.1, -0.05) is 37.3 Å². The zero-order valence-electron chi connectivity index (χ0n) is 12.7. The number of aromatic nitrogens is 1. The molecule has 3 nitrogen and oxygen atoms in total. The van der Waals surface area contributed by atoms with E-state index in [0.29, 0.717) is 0 Å². The first kappa shape index (κ1) is 14.2. The van der Waals surface area contributed by atoms with Crippen molar-refractivity contribution < 1.29 is 0 Å². The van der Waals surface area contributed by atoms with E-state index in [1.54, 1.807) is 0 Å². The molecule has 0 atom stereocenters. The molecule has 1 aliphatic heterocycles. The van der Waals surface area contributed by atoms with E-state index < -0.39 is 0 Å². The first-order valence-electron chi connectivity index (χ1n) is 7.79. The molecule has 1 aliphatic rings. The number of hydrogen-bond donors (Lipinski definition) is 1. The molecular weight excluding hydrogens is 258 g/mol. The van der Waals surface area contributed by atoms with Crippen LogP contribution in [0.1, 0.15) is 29.3 Å². The predicted molar refractivity (Wildman–Crippen MR) is 85.9 cm³/mol. The summed E-state index contributed by atoms with van der Waals surface area (Å²) in [4.78, 5) is 7.08. The summed E-state index contributed by atoms with van der Waals surface area (Å²) in [7, 11) is 0. The zero-order chi connectivity index (χ0) is 14.5. The molecular formula is C18H23N3. The summed E-state index contributed by atoms with van der Waals surface area (Å²) < 4.78 is 0. The Kier molecular flexibility index (Phi) is 4.63. The highest BCUT2D eigenvalue weighted by atomic mass is 15.1. The number of pyridine rings is 1. The number of benzene rings is 1. The van der Waals surface area contributed by atoms with Gasteiger partial charge in [-0.05, 0) is 35.7 Å². The lowest BCUT2D eigenvalue weighted by molar-refractivity contribution is 0.242. The number of fused-ring (bicyclic) bond motifs is 1. The summed E-state index contributed by atoms with van der Waals surface area (Å²) in [5, 5.41) is 3.33. The van der Waals surface area contributed by atoms with E-state index in [4.69, 9.17) is 0 Å². The van der Waals surface area contributed by atoms with Crippen LogP contribution >= 0.6 is 0 Å². The SMILES string of the molecule is CCNCc1ccc(CN2CCc3ccccc3C2)nc1. The lowest BCUT2D eigenvalue weighted by atomic mass is 10.00. The lowest BCUT2D eigenvalue weighted by Crippen LogP contribution is -2.30. The van der Waals surface area contributed by atoms with Crippen LogP contribution in [0.2, 0.25) is 0 Å². The van der Waals surface area contributed by atoms with Gasteiger partial charge in [-0.3, -0.25) is 9.88 Å². The zero-order valence-corrected chi connectivity index (χ0v) is 12.7. The average molecular weight is 281 g/mol. The van der Waals surface area contributed by atoms with E-state index in [0.717, 1.165) is 44.8 Å². The lowest BCUT2D eigenvalue weighted by Gasteiger charge is -2.28. The van der Waals surface area contributed by atoms with Crippen LogP contribution in [-0.2, 0) is 26.1 Å². The molecule has 0 saturated carbocycles. The maximum Gasteiger partial charge on any atom is 0.0544 e. The Labute approximate surface area is 127 Å². The van der Waals surface area contributed by atoms with Gasteiger partial charge in [-0.2, -0.15) is 0 Å². The second-order valence-electron chi connectivity index (χ2n) is 5.67. The van der Waals surface area contributed by atoms with Crippen LogP contribution in [0, 0.1) is 0 Å². The Morgan fingerprint density at radius 2 is 2.00 bits per heavy atom. The third kappa shape index (κ3) is 3.69. The van der Waals surface area contributed by atoms with Crippen LogP contribution in [0.15, 0.2) is 42.6 Å². The maximum atomic E-state index is 4.60. The van der Waals surface area contributed by atoms with Crippen molar-refractivity contribution in [1.29, 1.82) is 0 Å². The van der Waals surface area contributed by atoms with Gasteiger partial charge in [0.25, 0.3) is 0 Å². The molecule has 0 saturated heterocycles. The number of nitrogens with zero attached hydrogens (tertiary/aromatic N) is 2. The van der Waals surface area contributed by atoms with Crippen molar-refractivity contribution in [3.8, 4) is 0 Å². The fourth-order valence-electron chi connectivity index (χ4n) is 2.84. The summed E-state index contributed by atoms with van der Waals surface area (Å²) in [5.74, 6) is 0. The molecule has 1 aromatic heterocycles. The molecule has 0 amide bonds. The Morgan fingerprint density at radius 1 is 1.14 bits per heavy atom. The minimum Gasteiger partial charge on any atom is -0.313 e. The summed E-state index contributed by atoms with van der Waals surface area (Å²) in [6.07, 6.45) is 3.14. The summed E-state index contributed by atoms with van der Waals surface area (Å²) in [5.41, 5.74) is 5.38. The monoisotopic (exact) mass is 281 g/mol. The van der Waals surface area contributed by atoms with E-state index in [9.17, 15) is 0 Å². The Morgan fingerprint density at radius 3 is 2.76 bits per heavy atom. The molecule has 3 rings (SSSR count). The first-order chi connectivity index (χ1) is 10.3. The van der Waals surface area contributed by atoms with Gasteiger partial charge >= 0.3 is 0 Å². The summed E-state index contributed by atoms with van der Waals surface area (Å²) in [6, 6.07) is 13.1. The largest absolute Gasteiger partial charge is 0.313 e. The van der Waals surface area contributed by atoms with Crippen LogP contribution < -0.4 is 5.32 Å². The van der Waals surface area contributed by atoms with Gasteiger partial charge < -0.3 is 5.32 Å². The van der Waals surface area contributed by atoms with Crippen LogP contribution in [0.5, 0.6) is 0 Å². The minimum atomic E-state index is 0.904. The van der Waals surface area contributed by atoms with Gasteiger partial charge in [0, 0.05) is 32.4 Å². The van der Waals surface area contributed by atoms with Crippen molar-refractivity contribution in [3.63, 3.8) is 0 Å². The first-order valence-corrected chi connectivity index (χ1v) is 7.79. The minimum absolute atomic E-state index is 0.904. The van der Waals surface area contributed by atoms with E-state index in [2.05, 4.69) is 58.5 Å². The predicted octanol–water partition coefficient (Wildman–Crippen LogP) is 2.75. The molecule has 1 aromatic carbocycles.